The van der Waals surface area contributed by atoms with Crippen molar-refractivity contribution in [2.75, 3.05) is 0 Å². The second kappa shape index (κ2) is 10.0. The van der Waals surface area contributed by atoms with Crippen molar-refractivity contribution in [2.45, 2.75) is 32.7 Å². The molecule has 0 bridgehead atoms. The summed E-state index contributed by atoms with van der Waals surface area (Å²) in [5.41, 5.74) is 4.09. The Labute approximate surface area is 200 Å². The van der Waals surface area contributed by atoms with Crippen LogP contribution in [0.2, 0.25) is 0 Å². The Morgan fingerprint density at radius 2 is 1.74 bits per heavy atom. The monoisotopic (exact) mass is 481 g/mol. The van der Waals surface area contributed by atoms with Crippen LogP contribution in [-0.2, 0) is 16.0 Å². The van der Waals surface area contributed by atoms with Crippen molar-refractivity contribution in [2.24, 2.45) is 0 Å². The van der Waals surface area contributed by atoms with Crippen LogP contribution < -0.4 is 4.74 Å². The van der Waals surface area contributed by atoms with Gasteiger partial charge in [0.1, 0.15) is 18.2 Å². The first kappa shape index (κ1) is 24.0. The van der Waals surface area contributed by atoms with Crippen LogP contribution in [0, 0.1) is 6.92 Å². The van der Waals surface area contributed by atoms with E-state index in [1.165, 1.54) is 35.3 Å². The van der Waals surface area contributed by atoms with Crippen LogP contribution in [0.5, 0.6) is 5.75 Å². The highest BCUT2D eigenvalue weighted by molar-refractivity contribution is 5.73. The summed E-state index contributed by atoms with van der Waals surface area (Å²) in [6.45, 7) is 3.83. The highest BCUT2D eigenvalue weighted by Gasteiger charge is 2.31. The highest BCUT2D eigenvalue weighted by Crippen LogP contribution is 2.24. The Morgan fingerprint density at radius 3 is 2.40 bits per heavy atom. The molecule has 6 nitrogen and oxygen atoms in total. The zero-order valence-corrected chi connectivity index (χ0v) is 19.0. The molecule has 0 fully saturated rings. The van der Waals surface area contributed by atoms with Gasteiger partial charge in [-0.05, 0) is 49.2 Å². The van der Waals surface area contributed by atoms with E-state index < -0.39 is 6.36 Å². The van der Waals surface area contributed by atoms with Gasteiger partial charge in [0, 0.05) is 5.56 Å². The summed E-state index contributed by atoms with van der Waals surface area (Å²) in [7, 11) is 0. The molecule has 0 aliphatic carbocycles. The van der Waals surface area contributed by atoms with Crippen LogP contribution in [0.4, 0.5) is 13.2 Å². The van der Waals surface area contributed by atoms with Crippen LogP contribution >= 0.6 is 0 Å². The fraction of sp³-hybridized carbons (Fsp3) is 0.192. The quantitative estimate of drug-likeness (QED) is 0.304. The van der Waals surface area contributed by atoms with Gasteiger partial charge in [0.15, 0.2) is 5.82 Å². The average molecular weight is 481 g/mol. The third kappa shape index (κ3) is 6.47. The lowest BCUT2D eigenvalue weighted by Gasteiger charge is -2.14. The molecule has 1 atom stereocenters. The van der Waals surface area contributed by atoms with Crippen molar-refractivity contribution in [1.29, 1.82) is 0 Å². The van der Waals surface area contributed by atoms with Gasteiger partial charge in [-0.3, -0.25) is 4.79 Å². The van der Waals surface area contributed by atoms with Gasteiger partial charge in [0.25, 0.3) is 0 Å². The number of benzene rings is 3. The van der Waals surface area contributed by atoms with Gasteiger partial charge in [0.2, 0.25) is 0 Å². The lowest BCUT2D eigenvalue weighted by molar-refractivity contribution is -0.274. The Morgan fingerprint density at radius 1 is 1.03 bits per heavy atom. The predicted octanol–water partition coefficient (Wildman–Crippen LogP) is 5.99. The predicted molar refractivity (Wildman–Crippen MR) is 123 cm³/mol. The minimum Gasteiger partial charge on any atom is -0.458 e. The molecule has 0 saturated heterocycles. The number of hydrogen-bond donors (Lipinski definition) is 0. The largest absolute Gasteiger partial charge is 0.573 e. The number of aryl methyl sites for hydroxylation is 1. The number of alkyl halides is 3. The normalized spacial score (nSPS) is 12.3. The minimum absolute atomic E-state index is 0.130. The maximum atomic E-state index is 12.4. The molecular weight excluding hydrogens is 459 g/mol. The van der Waals surface area contributed by atoms with Gasteiger partial charge in [0.05, 0.1) is 12.1 Å². The van der Waals surface area contributed by atoms with Crippen molar-refractivity contribution in [3.8, 4) is 22.8 Å². The molecule has 3 aromatic carbocycles. The number of carbonyl (C=O) groups is 1. The first-order valence-corrected chi connectivity index (χ1v) is 10.8. The van der Waals surface area contributed by atoms with Crippen molar-refractivity contribution in [1.82, 2.24) is 14.8 Å². The van der Waals surface area contributed by atoms with E-state index in [2.05, 4.69) is 14.8 Å². The van der Waals surface area contributed by atoms with Crippen molar-refractivity contribution < 1.29 is 27.4 Å². The van der Waals surface area contributed by atoms with Crippen LogP contribution in [0.25, 0.3) is 17.1 Å². The molecule has 0 spiro atoms. The summed E-state index contributed by atoms with van der Waals surface area (Å²) < 4.78 is 47.8. The van der Waals surface area contributed by atoms with Crippen LogP contribution in [0.1, 0.15) is 29.7 Å². The van der Waals surface area contributed by atoms with Crippen LogP contribution in [0.3, 0.4) is 0 Å². The molecule has 180 valence electrons. The molecule has 1 unspecified atom stereocenters. The van der Waals surface area contributed by atoms with E-state index >= 15 is 0 Å². The number of nitrogens with zero attached hydrogens (tertiary/aromatic N) is 3. The first-order chi connectivity index (χ1) is 16.7. The smallest absolute Gasteiger partial charge is 0.458 e. The van der Waals surface area contributed by atoms with E-state index in [1.54, 1.807) is 24.3 Å². The molecule has 4 aromatic rings. The van der Waals surface area contributed by atoms with E-state index in [1.807, 2.05) is 38.1 Å². The number of carbonyl (C=O) groups excluding carboxylic acids is 1. The minimum atomic E-state index is -4.75. The summed E-state index contributed by atoms with van der Waals surface area (Å²) in [6.07, 6.45) is -3.49. The second-order valence-electron chi connectivity index (χ2n) is 7.97. The first-order valence-electron chi connectivity index (χ1n) is 10.8. The maximum Gasteiger partial charge on any atom is 0.573 e. The standard InChI is InChI=1S/C26H22F3N3O3/c1-17-4-3-5-21(14-17)18(2)34-24(33)15-19-6-8-20(9-7-19)25-30-16-32(31-25)22-10-12-23(13-11-22)35-26(27,28)29/h3-14,16,18H,15H2,1-2H3. The number of esters is 1. The molecule has 0 aliphatic heterocycles. The lowest BCUT2D eigenvalue weighted by atomic mass is 10.1. The molecule has 4 rings (SSSR count). The second-order valence-corrected chi connectivity index (χ2v) is 7.97. The van der Waals surface area contributed by atoms with Gasteiger partial charge in [-0.2, -0.15) is 0 Å². The molecule has 1 aromatic heterocycles. The van der Waals surface area contributed by atoms with Gasteiger partial charge in [-0.1, -0.05) is 54.1 Å². The number of halogens is 3. The summed E-state index contributed by atoms with van der Waals surface area (Å²) in [6, 6.07) is 20.4. The molecule has 1 heterocycles. The zero-order valence-electron chi connectivity index (χ0n) is 19.0. The lowest BCUT2D eigenvalue weighted by Crippen LogP contribution is -2.17. The maximum absolute atomic E-state index is 12.4. The molecule has 35 heavy (non-hydrogen) atoms. The zero-order chi connectivity index (χ0) is 25.0. The van der Waals surface area contributed by atoms with Crippen LogP contribution in [0.15, 0.2) is 79.1 Å². The Balaban J connectivity index is 1.37. The third-order valence-corrected chi connectivity index (χ3v) is 5.21. The fourth-order valence-corrected chi connectivity index (χ4v) is 3.49. The Bertz CT molecular complexity index is 1300. The fourth-order valence-electron chi connectivity index (χ4n) is 3.49. The summed E-state index contributed by atoms with van der Waals surface area (Å²) >= 11 is 0. The van der Waals surface area contributed by atoms with E-state index in [9.17, 15) is 18.0 Å². The van der Waals surface area contributed by atoms with Crippen molar-refractivity contribution in [3.05, 3.63) is 95.8 Å². The summed E-state index contributed by atoms with van der Waals surface area (Å²) in [4.78, 5) is 16.6. The van der Waals surface area contributed by atoms with E-state index in [4.69, 9.17) is 4.74 Å². The van der Waals surface area contributed by atoms with Gasteiger partial charge in [-0.25, -0.2) is 9.67 Å². The van der Waals surface area contributed by atoms with Gasteiger partial charge >= 0.3 is 12.3 Å². The number of ether oxygens (including phenoxy) is 2. The van der Waals surface area contributed by atoms with Crippen molar-refractivity contribution in [3.63, 3.8) is 0 Å². The van der Waals surface area contributed by atoms with Gasteiger partial charge < -0.3 is 9.47 Å². The average Bonchev–Trinajstić information content (AvgIpc) is 3.29. The summed E-state index contributed by atoms with van der Waals surface area (Å²) in [5.74, 6) is -0.209. The molecule has 0 aliphatic rings. The molecule has 0 saturated carbocycles. The molecule has 0 radical (unpaired) electrons. The van der Waals surface area contributed by atoms with Gasteiger partial charge in [-0.15, -0.1) is 18.3 Å². The van der Waals surface area contributed by atoms with E-state index in [0.29, 0.717) is 11.5 Å². The molecule has 9 heteroatoms. The molecule has 0 amide bonds. The topological polar surface area (TPSA) is 66.2 Å². The summed E-state index contributed by atoms with van der Waals surface area (Å²) in [5, 5.41) is 4.38. The SMILES string of the molecule is Cc1cccc(C(C)OC(=O)Cc2ccc(-c3ncn(-c4ccc(OC(F)(F)F)cc4)n3)cc2)c1. The Hall–Kier alpha value is -4.14. The Kier molecular flexibility index (Phi) is 6.86. The third-order valence-electron chi connectivity index (χ3n) is 5.21. The highest BCUT2D eigenvalue weighted by atomic mass is 19.4. The number of rotatable bonds is 7. The van der Waals surface area contributed by atoms with E-state index in [-0.39, 0.29) is 24.2 Å². The number of aromatic nitrogens is 3. The number of hydrogen-bond acceptors (Lipinski definition) is 5. The van der Waals surface area contributed by atoms with Crippen molar-refractivity contribution >= 4 is 5.97 Å². The molecule has 0 N–H and O–H groups in total. The molecular formula is C26H22F3N3O3. The van der Waals surface area contributed by atoms with Crippen LogP contribution in [-0.4, -0.2) is 27.1 Å². The van der Waals surface area contributed by atoms with E-state index in [0.717, 1.165) is 22.3 Å².